The molecule has 0 aromatic heterocycles. The zero-order valence-corrected chi connectivity index (χ0v) is 6.50. The quantitative estimate of drug-likeness (QED) is 0.553. The molecule has 0 amide bonds. The second kappa shape index (κ2) is 4.65. The van der Waals surface area contributed by atoms with Crippen molar-refractivity contribution in [3.05, 3.63) is 7.05 Å². The van der Waals surface area contributed by atoms with Crippen LogP contribution in [0.25, 0.3) is 0 Å². The molecule has 0 aromatic rings. The Labute approximate surface area is 47.6 Å². The first-order valence-corrected chi connectivity index (χ1v) is 1.21. The maximum atomic E-state index is 3.47. The van der Waals surface area contributed by atoms with Crippen molar-refractivity contribution < 1.29 is 21.1 Å². The van der Waals surface area contributed by atoms with Gasteiger partial charge in [-0.1, -0.05) is 0 Å². The van der Waals surface area contributed by atoms with Crippen LogP contribution < -0.4 is 0 Å². The van der Waals surface area contributed by atoms with Crippen LogP contribution in [0.4, 0.5) is 0 Å². The molecule has 0 rings (SSSR count). The predicted octanol–water partition coefficient (Wildman–Crippen LogP) is 0.337. The monoisotopic (exact) mass is 242 g/mol. The van der Waals surface area contributed by atoms with Crippen LogP contribution in [-0.2, 0) is 21.1 Å². The van der Waals surface area contributed by atoms with E-state index in [0.717, 1.165) is 0 Å². The summed E-state index contributed by atoms with van der Waals surface area (Å²) in [4.78, 5) is 1.75. The van der Waals surface area contributed by atoms with Crippen molar-refractivity contribution in [1.82, 2.24) is 4.90 Å². The minimum Gasteiger partial charge on any atom is -0.464 e. The standard InChI is InChI=1S/C3H8N.W/c1-4(2)3;/h1H2,2-3H3;/q-1;+2. The summed E-state index contributed by atoms with van der Waals surface area (Å²) in [5.74, 6) is 0. The molecule has 0 aliphatic rings. The van der Waals surface area contributed by atoms with Gasteiger partial charge in [0.2, 0.25) is 0 Å². The van der Waals surface area contributed by atoms with Crippen LogP contribution >= 0.6 is 0 Å². The van der Waals surface area contributed by atoms with Gasteiger partial charge in [0.25, 0.3) is 0 Å². The Morgan fingerprint density at radius 3 is 1.40 bits per heavy atom. The molecule has 0 saturated carbocycles. The van der Waals surface area contributed by atoms with E-state index in [2.05, 4.69) is 7.05 Å². The molecule has 0 N–H and O–H groups in total. The van der Waals surface area contributed by atoms with Gasteiger partial charge in [-0.15, -0.1) is 0 Å². The van der Waals surface area contributed by atoms with Gasteiger partial charge in [-0.25, -0.2) is 0 Å². The van der Waals surface area contributed by atoms with Crippen LogP contribution in [-0.4, -0.2) is 19.0 Å². The van der Waals surface area contributed by atoms with Crippen molar-refractivity contribution in [3.63, 3.8) is 0 Å². The van der Waals surface area contributed by atoms with E-state index in [-0.39, 0.29) is 21.1 Å². The van der Waals surface area contributed by atoms with Gasteiger partial charge in [-0.2, -0.15) is 0 Å². The molecule has 0 unspecified atom stereocenters. The molecule has 1 nitrogen and oxygen atoms in total. The van der Waals surface area contributed by atoms with Crippen LogP contribution in [0.3, 0.4) is 0 Å². The third-order valence-electron chi connectivity index (χ3n) is 0. The fourth-order valence-electron chi connectivity index (χ4n) is 0. The molecule has 0 bridgehead atoms. The summed E-state index contributed by atoms with van der Waals surface area (Å²) in [5, 5.41) is 0. The largest absolute Gasteiger partial charge is 2.00 e. The van der Waals surface area contributed by atoms with Crippen LogP contribution in [0.15, 0.2) is 0 Å². The van der Waals surface area contributed by atoms with Crippen molar-refractivity contribution in [2.24, 2.45) is 0 Å². The molecule has 0 heterocycles. The number of hydrogen-bond acceptors (Lipinski definition) is 1. The molecule has 0 radical (unpaired) electrons. The van der Waals surface area contributed by atoms with Gasteiger partial charge < -0.3 is 4.90 Å². The Balaban J connectivity index is 0. The SMILES string of the molecule is [CH2-]N(C)C.[W+2]. The van der Waals surface area contributed by atoms with Gasteiger partial charge in [-0.3, -0.25) is 7.05 Å². The van der Waals surface area contributed by atoms with Crippen LogP contribution in [0.2, 0.25) is 0 Å². The summed E-state index contributed by atoms with van der Waals surface area (Å²) in [6.45, 7) is 0. The average molecular weight is 242 g/mol. The Morgan fingerprint density at radius 1 is 1.40 bits per heavy atom. The third kappa shape index (κ3) is 77.6. The molecule has 0 spiro atoms. The average Bonchev–Trinajstić information content (AvgIpc) is 0.811. The minimum atomic E-state index is 0. The Kier molecular flexibility index (Phi) is 8.52. The molecule has 0 fully saturated rings. The van der Waals surface area contributed by atoms with E-state index < -0.39 is 0 Å². The first-order valence-electron chi connectivity index (χ1n) is 1.21. The predicted molar refractivity (Wildman–Crippen MR) is 19.0 cm³/mol. The number of nitrogens with zero attached hydrogens (tertiary/aromatic N) is 1. The van der Waals surface area contributed by atoms with Crippen molar-refractivity contribution in [2.45, 2.75) is 0 Å². The van der Waals surface area contributed by atoms with E-state index in [1.165, 1.54) is 0 Å². The molecule has 0 aromatic carbocycles. The van der Waals surface area contributed by atoms with Gasteiger partial charge in [0.1, 0.15) is 0 Å². The van der Waals surface area contributed by atoms with E-state index in [1.54, 1.807) is 4.90 Å². The smallest absolute Gasteiger partial charge is 0.464 e. The zero-order valence-electron chi connectivity index (χ0n) is 3.56. The van der Waals surface area contributed by atoms with Crippen LogP contribution in [0, 0.1) is 7.05 Å². The summed E-state index contributed by atoms with van der Waals surface area (Å²) >= 11 is 0. The van der Waals surface area contributed by atoms with Gasteiger partial charge >= 0.3 is 21.1 Å². The second-order valence-corrected chi connectivity index (χ2v) is 1.08. The number of hydrogen-bond donors (Lipinski definition) is 0. The van der Waals surface area contributed by atoms with Crippen molar-refractivity contribution >= 4 is 0 Å². The maximum Gasteiger partial charge on any atom is 2.00 e. The Morgan fingerprint density at radius 2 is 1.40 bits per heavy atom. The fourth-order valence-corrected chi connectivity index (χ4v) is 0. The molecule has 0 aliphatic heterocycles. The van der Waals surface area contributed by atoms with Crippen molar-refractivity contribution in [2.75, 3.05) is 14.1 Å². The van der Waals surface area contributed by atoms with Gasteiger partial charge in [-0.05, 0) is 14.1 Å². The van der Waals surface area contributed by atoms with E-state index in [9.17, 15) is 0 Å². The topological polar surface area (TPSA) is 3.24 Å². The molecule has 30 valence electrons. The molecule has 0 aliphatic carbocycles. The summed E-state index contributed by atoms with van der Waals surface area (Å²) in [5.41, 5.74) is 0. The molecular weight excluding hydrogens is 234 g/mol. The molecule has 0 saturated heterocycles. The molecular formula is C3H8NW+. The van der Waals surface area contributed by atoms with Crippen molar-refractivity contribution in [1.29, 1.82) is 0 Å². The van der Waals surface area contributed by atoms with Crippen LogP contribution in [0.5, 0.6) is 0 Å². The zero-order chi connectivity index (χ0) is 3.58. The van der Waals surface area contributed by atoms with Gasteiger partial charge in [0.05, 0.1) is 0 Å². The van der Waals surface area contributed by atoms with E-state index in [0.29, 0.717) is 0 Å². The van der Waals surface area contributed by atoms with Crippen molar-refractivity contribution in [3.8, 4) is 0 Å². The van der Waals surface area contributed by atoms with E-state index in [1.807, 2.05) is 14.1 Å². The fraction of sp³-hybridized carbons (Fsp3) is 0.667. The van der Waals surface area contributed by atoms with Gasteiger partial charge in [0.15, 0.2) is 0 Å². The third-order valence-corrected chi connectivity index (χ3v) is 0. The first kappa shape index (κ1) is 9.17. The first-order chi connectivity index (χ1) is 1.73. The van der Waals surface area contributed by atoms with E-state index >= 15 is 0 Å². The van der Waals surface area contributed by atoms with E-state index in [4.69, 9.17) is 0 Å². The Hall–Kier alpha value is 0.648. The van der Waals surface area contributed by atoms with Crippen LogP contribution in [0.1, 0.15) is 0 Å². The Bertz CT molecular complexity index is 11.6. The maximum absolute atomic E-state index is 3.47. The summed E-state index contributed by atoms with van der Waals surface area (Å²) in [6.07, 6.45) is 0. The summed E-state index contributed by atoms with van der Waals surface area (Å²) < 4.78 is 0. The normalized spacial score (nSPS) is 7.20. The number of rotatable bonds is 0. The second-order valence-electron chi connectivity index (χ2n) is 1.08. The minimum absolute atomic E-state index is 0. The summed E-state index contributed by atoms with van der Waals surface area (Å²) in [7, 11) is 7.25. The molecule has 5 heavy (non-hydrogen) atoms. The molecule has 2 heteroatoms. The van der Waals surface area contributed by atoms with Gasteiger partial charge in [0, 0.05) is 0 Å². The molecule has 0 atom stereocenters. The summed E-state index contributed by atoms with van der Waals surface area (Å²) in [6, 6.07) is 0.